The molecule has 0 fully saturated rings. The molecule has 16 heavy (non-hydrogen) atoms. The van der Waals surface area contributed by atoms with E-state index in [1.165, 1.54) is 0 Å². The first-order valence-electron chi connectivity index (χ1n) is 3.92. The highest BCUT2D eigenvalue weighted by Crippen LogP contribution is 2.35. The van der Waals surface area contributed by atoms with E-state index in [1.807, 2.05) is 0 Å². The molecule has 0 bridgehead atoms. The lowest BCUT2D eigenvalue weighted by Crippen LogP contribution is -2.20. The number of hydrogen-bond donors (Lipinski definition) is 1. The Morgan fingerprint density at radius 2 is 1.81 bits per heavy atom. The lowest BCUT2D eigenvalue weighted by molar-refractivity contribution is -0.387. The normalized spacial score (nSPS) is 11.6. The van der Waals surface area contributed by atoms with E-state index in [1.54, 1.807) is 0 Å². The van der Waals surface area contributed by atoms with E-state index in [2.05, 4.69) is 0 Å². The average molecular weight is 239 g/mol. The van der Waals surface area contributed by atoms with E-state index >= 15 is 0 Å². The molecule has 1 aromatic rings. The maximum absolute atomic E-state index is 13.0. The van der Waals surface area contributed by atoms with Crippen molar-refractivity contribution in [2.75, 3.05) is 6.61 Å². The Hall–Kier alpha value is -1.70. The molecular formula is C8H5F4NO3. The van der Waals surface area contributed by atoms with E-state index in [0.717, 1.165) is 0 Å². The van der Waals surface area contributed by atoms with E-state index < -0.39 is 40.3 Å². The number of aliphatic hydroxyl groups excluding tert-OH is 1. The second-order valence-corrected chi connectivity index (χ2v) is 2.90. The van der Waals surface area contributed by atoms with Crippen LogP contribution >= 0.6 is 0 Å². The molecule has 1 aromatic carbocycles. The molecule has 0 unspecified atom stereocenters. The minimum absolute atomic E-state index is 0.00366. The topological polar surface area (TPSA) is 63.4 Å². The van der Waals surface area contributed by atoms with Gasteiger partial charge in [0.25, 0.3) is 5.69 Å². The number of rotatable bonds is 3. The van der Waals surface area contributed by atoms with Crippen LogP contribution in [0, 0.1) is 21.7 Å². The van der Waals surface area contributed by atoms with E-state index in [-0.39, 0.29) is 12.1 Å². The number of nitrogens with zero attached hydrogens (tertiary/aromatic N) is 1. The molecule has 0 aliphatic rings. The Morgan fingerprint density at radius 3 is 2.25 bits per heavy atom. The Labute approximate surface area is 86.3 Å². The number of aliphatic hydroxyl groups is 1. The molecule has 0 saturated carbocycles. The van der Waals surface area contributed by atoms with Gasteiger partial charge in [0.1, 0.15) is 12.2 Å². The van der Waals surface area contributed by atoms with Gasteiger partial charge in [-0.2, -0.15) is 8.78 Å². The number of nitro groups is 1. The molecular weight excluding hydrogens is 234 g/mol. The summed E-state index contributed by atoms with van der Waals surface area (Å²) in [6.07, 6.45) is 0. The lowest BCUT2D eigenvalue weighted by Gasteiger charge is -2.13. The molecule has 0 atom stereocenters. The maximum Gasteiger partial charge on any atom is 0.302 e. The smallest absolute Gasteiger partial charge is 0.302 e. The summed E-state index contributed by atoms with van der Waals surface area (Å²) in [5.74, 6) is -7.25. The standard InChI is InChI=1S/C8H5F4NO3/c9-5-1-4(8(11,12)3-14)7(13(15)16)2-6(5)10/h1-2,14H,3H2. The van der Waals surface area contributed by atoms with Crippen LogP contribution in [0.3, 0.4) is 0 Å². The summed E-state index contributed by atoms with van der Waals surface area (Å²) in [7, 11) is 0. The fraction of sp³-hybridized carbons (Fsp3) is 0.250. The molecule has 0 amide bonds. The molecule has 0 aliphatic heterocycles. The van der Waals surface area contributed by atoms with Crippen molar-refractivity contribution in [1.29, 1.82) is 0 Å². The first kappa shape index (κ1) is 12.4. The van der Waals surface area contributed by atoms with Gasteiger partial charge in [0.05, 0.1) is 11.0 Å². The van der Waals surface area contributed by atoms with Crippen molar-refractivity contribution >= 4 is 5.69 Å². The Morgan fingerprint density at radius 1 is 1.31 bits per heavy atom. The molecule has 88 valence electrons. The number of alkyl halides is 2. The zero-order valence-electron chi connectivity index (χ0n) is 7.58. The molecule has 0 spiro atoms. The Kier molecular flexibility index (Phi) is 3.13. The Bertz CT molecular complexity index is 436. The van der Waals surface area contributed by atoms with Crippen LogP contribution in [0.25, 0.3) is 0 Å². The van der Waals surface area contributed by atoms with Crippen LogP contribution < -0.4 is 0 Å². The monoisotopic (exact) mass is 239 g/mol. The second kappa shape index (κ2) is 4.05. The minimum atomic E-state index is -4.00. The highest BCUT2D eigenvalue weighted by molar-refractivity contribution is 5.43. The van der Waals surface area contributed by atoms with E-state index in [4.69, 9.17) is 5.11 Å². The van der Waals surface area contributed by atoms with Gasteiger partial charge in [0.2, 0.25) is 0 Å². The largest absolute Gasteiger partial charge is 0.390 e. The molecule has 1 rings (SSSR count). The summed E-state index contributed by atoms with van der Waals surface area (Å²) in [5.41, 5.74) is -2.64. The van der Waals surface area contributed by atoms with Crippen LogP contribution in [0.2, 0.25) is 0 Å². The van der Waals surface area contributed by atoms with Crippen LogP contribution in [0.1, 0.15) is 5.56 Å². The summed E-state index contributed by atoms with van der Waals surface area (Å²) in [6, 6.07) is 0.0535. The third kappa shape index (κ3) is 2.11. The molecule has 0 radical (unpaired) electrons. The zero-order valence-corrected chi connectivity index (χ0v) is 7.58. The SMILES string of the molecule is O=[N+]([O-])c1cc(F)c(F)cc1C(F)(F)CO. The van der Waals surface area contributed by atoms with Crippen LogP contribution in [-0.4, -0.2) is 16.6 Å². The third-order valence-electron chi connectivity index (χ3n) is 1.83. The van der Waals surface area contributed by atoms with Gasteiger partial charge in [0, 0.05) is 0 Å². The van der Waals surface area contributed by atoms with Crippen LogP contribution in [0.15, 0.2) is 12.1 Å². The number of halogens is 4. The average Bonchev–Trinajstić information content (AvgIpc) is 2.21. The fourth-order valence-electron chi connectivity index (χ4n) is 1.07. The van der Waals surface area contributed by atoms with Gasteiger partial charge in [-0.3, -0.25) is 10.1 Å². The van der Waals surface area contributed by atoms with Gasteiger partial charge in [-0.25, -0.2) is 8.78 Å². The number of hydrogen-bond acceptors (Lipinski definition) is 3. The Balaban J connectivity index is 3.48. The predicted molar refractivity (Wildman–Crippen MR) is 44.0 cm³/mol. The van der Waals surface area contributed by atoms with Gasteiger partial charge in [0.15, 0.2) is 11.6 Å². The molecule has 0 saturated heterocycles. The fourth-order valence-corrected chi connectivity index (χ4v) is 1.07. The quantitative estimate of drug-likeness (QED) is 0.498. The summed E-state index contributed by atoms with van der Waals surface area (Å²) in [4.78, 5) is 9.07. The van der Waals surface area contributed by atoms with Crippen molar-refractivity contribution in [3.8, 4) is 0 Å². The van der Waals surface area contributed by atoms with Crippen LogP contribution in [-0.2, 0) is 5.92 Å². The molecule has 0 heterocycles. The number of benzene rings is 1. The van der Waals surface area contributed by atoms with E-state index in [9.17, 15) is 27.7 Å². The van der Waals surface area contributed by atoms with Crippen molar-refractivity contribution in [2.24, 2.45) is 0 Å². The van der Waals surface area contributed by atoms with Gasteiger partial charge >= 0.3 is 5.92 Å². The highest BCUT2D eigenvalue weighted by Gasteiger charge is 2.38. The first-order valence-corrected chi connectivity index (χ1v) is 3.92. The van der Waals surface area contributed by atoms with Crippen LogP contribution in [0.5, 0.6) is 0 Å². The van der Waals surface area contributed by atoms with E-state index in [0.29, 0.717) is 0 Å². The second-order valence-electron chi connectivity index (χ2n) is 2.90. The van der Waals surface area contributed by atoms with Gasteiger partial charge in [-0.05, 0) is 6.07 Å². The van der Waals surface area contributed by atoms with Crippen molar-refractivity contribution in [3.05, 3.63) is 39.4 Å². The highest BCUT2D eigenvalue weighted by atomic mass is 19.3. The maximum atomic E-state index is 13.0. The van der Waals surface area contributed by atoms with Gasteiger partial charge in [-0.1, -0.05) is 0 Å². The summed E-state index contributed by atoms with van der Waals surface area (Å²) in [6.45, 7) is -1.74. The summed E-state index contributed by atoms with van der Waals surface area (Å²) < 4.78 is 51.2. The van der Waals surface area contributed by atoms with Crippen molar-refractivity contribution < 1.29 is 27.6 Å². The minimum Gasteiger partial charge on any atom is -0.390 e. The summed E-state index contributed by atoms with van der Waals surface area (Å²) in [5, 5.41) is 18.7. The van der Waals surface area contributed by atoms with Crippen LogP contribution in [0.4, 0.5) is 23.2 Å². The molecule has 8 heteroatoms. The van der Waals surface area contributed by atoms with Crippen molar-refractivity contribution in [3.63, 3.8) is 0 Å². The third-order valence-corrected chi connectivity index (χ3v) is 1.83. The number of nitro benzene ring substituents is 1. The predicted octanol–water partition coefficient (Wildman–Crippen LogP) is 1.96. The summed E-state index contributed by atoms with van der Waals surface area (Å²) >= 11 is 0. The zero-order chi connectivity index (χ0) is 12.5. The van der Waals surface area contributed by atoms with Gasteiger partial charge in [-0.15, -0.1) is 0 Å². The van der Waals surface area contributed by atoms with Crippen molar-refractivity contribution in [1.82, 2.24) is 0 Å². The van der Waals surface area contributed by atoms with Gasteiger partial charge < -0.3 is 5.11 Å². The molecule has 1 N–H and O–H groups in total. The van der Waals surface area contributed by atoms with Crippen molar-refractivity contribution in [2.45, 2.75) is 5.92 Å². The molecule has 0 aromatic heterocycles. The molecule has 0 aliphatic carbocycles. The molecule has 4 nitrogen and oxygen atoms in total. The first-order chi connectivity index (χ1) is 7.29. The lowest BCUT2D eigenvalue weighted by atomic mass is 10.1.